The van der Waals surface area contributed by atoms with Gasteiger partial charge in [0.1, 0.15) is 5.75 Å². The van der Waals surface area contributed by atoms with Gasteiger partial charge in [-0.05, 0) is 60.8 Å². The van der Waals surface area contributed by atoms with Crippen molar-refractivity contribution in [3.8, 4) is 16.9 Å². The van der Waals surface area contributed by atoms with E-state index < -0.39 is 0 Å². The second-order valence-corrected chi connectivity index (χ2v) is 7.25. The second kappa shape index (κ2) is 8.88. The molecule has 0 unspecified atom stereocenters. The maximum atomic E-state index is 13.1. The Hall–Kier alpha value is -3.18. The van der Waals surface area contributed by atoms with Gasteiger partial charge in [0, 0.05) is 30.2 Å². The Bertz CT molecular complexity index is 957. The van der Waals surface area contributed by atoms with Crippen molar-refractivity contribution in [1.82, 2.24) is 9.88 Å². The molecule has 1 aliphatic rings. The van der Waals surface area contributed by atoms with Crippen molar-refractivity contribution in [2.75, 3.05) is 19.0 Å². The number of methoxy groups -OCH3 is 1. The van der Waals surface area contributed by atoms with Crippen LogP contribution in [-0.2, 0) is 11.3 Å². The molecule has 5 heteroatoms. The van der Waals surface area contributed by atoms with Crippen LogP contribution in [0.25, 0.3) is 11.1 Å². The van der Waals surface area contributed by atoms with Crippen LogP contribution in [0.4, 0.5) is 5.69 Å². The maximum absolute atomic E-state index is 13.1. The molecule has 148 valence electrons. The zero-order chi connectivity index (χ0) is 20.1. The lowest BCUT2D eigenvalue weighted by Gasteiger charge is -2.24. The lowest BCUT2D eigenvalue weighted by Crippen LogP contribution is -2.39. The fourth-order valence-electron chi connectivity index (χ4n) is 3.87. The zero-order valence-electron chi connectivity index (χ0n) is 16.5. The van der Waals surface area contributed by atoms with Crippen molar-refractivity contribution in [2.24, 2.45) is 0 Å². The molecule has 2 aromatic carbocycles. The summed E-state index contributed by atoms with van der Waals surface area (Å²) in [4.78, 5) is 19.4. The van der Waals surface area contributed by atoms with E-state index in [0.29, 0.717) is 0 Å². The van der Waals surface area contributed by atoms with Gasteiger partial charge in [0.15, 0.2) is 0 Å². The predicted octanol–water partition coefficient (Wildman–Crippen LogP) is 4.36. The number of hydrogen-bond acceptors (Lipinski definition) is 4. The van der Waals surface area contributed by atoms with E-state index in [9.17, 15) is 4.79 Å². The highest BCUT2D eigenvalue weighted by Crippen LogP contribution is 2.30. The highest BCUT2D eigenvalue weighted by molar-refractivity contribution is 5.98. The molecule has 0 saturated carbocycles. The molecule has 2 heterocycles. The Morgan fingerprint density at radius 3 is 2.62 bits per heavy atom. The summed E-state index contributed by atoms with van der Waals surface area (Å²) in [5.41, 5.74) is 4.06. The van der Waals surface area contributed by atoms with Crippen LogP contribution in [0.3, 0.4) is 0 Å². The average Bonchev–Trinajstić information content (AvgIpc) is 3.23. The van der Waals surface area contributed by atoms with Crippen LogP contribution in [-0.4, -0.2) is 35.5 Å². The van der Waals surface area contributed by atoms with Gasteiger partial charge in [0.05, 0.1) is 13.2 Å². The van der Waals surface area contributed by atoms with E-state index in [1.165, 1.54) is 5.56 Å². The normalized spacial score (nSPS) is 16.5. The summed E-state index contributed by atoms with van der Waals surface area (Å²) >= 11 is 0. The number of pyridine rings is 1. The van der Waals surface area contributed by atoms with Crippen LogP contribution in [0.1, 0.15) is 18.4 Å². The van der Waals surface area contributed by atoms with Crippen LogP contribution >= 0.6 is 0 Å². The van der Waals surface area contributed by atoms with Gasteiger partial charge in [0.2, 0.25) is 5.91 Å². The van der Waals surface area contributed by atoms with Crippen LogP contribution < -0.4 is 10.1 Å². The molecular formula is C24H25N3O2. The number of para-hydroxylation sites is 1. The molecular weight excluding hydrogens is 362 g/mol. The number of nitrogens with one attached hydrogen (secondary N) is 1. The van der Waals surface area contributed by atoms with E-state index in [0.717, 1.165) is 48.5 Å². The number of carbonyl (C=O) groups is 1. The lowest BCUT2D eigenvalue weighted by molar-refractivity contribution is -0.120. The second-order valence-electron chi connectivity index (χ2n) is 7.25. The lowest BCUT2D eigenvalue weighted by atomic mass is 10.0. The Balaban J connectivity index is 1.50. The van der Waals surface area contributed by atoms with Crippen LogP contribution in [0.15, 0.2) is 73.1 Å². The highest BCUT2D eigenvalue weighted by Gasteiger charge is 2.31. The molecule has 1 aromatic heterocycles. The molecule has 0 radical (unpaired) electrons. The van der Waals surface area contributed by atoms with E-state index in [4.69, 9.17) is 4.74 Å². The summed E-state index contributed by atoms with van der Waals surface area (Å²) in [5, 5.41) is 3.17. The first-order chi connectivity index (χ1) is 14.2. The van der Waals surface area contributed by atoms with Crippen molar-refractivity contribution in [3.63, 3.8) is 0 Å². The third-order valence-electron chi connectivity index (χ3n) is 5.39. The summed E-state index contributed by atoms with van der Waals surface area (Å²) < 4.78 is 5.25. The molecule has 29 heavy (non-hydrogen) atoms. The van der Waals surface area contributed by atoms with Crippen molar-refractivity contribution >= 4 is 11.6 Å². The van der Waals surface area contributed by atoms with E-state index in [2.05, 4.69) is 15.2 Å². The number of likely N-dealkylation sites (tertiary alicyclic amines) is 1. The molecule has 0 bridgehead atoms. The summed E-state index contributed by atoms with van der Waals surface area (Å²) in [6.07, 6.45) is 5.50. The van der Waals surface area contributed by atoms with Crippen molar-refractivity contribution in [2.45, 2.75) is 25.4 Å². The van der Waals surface area contributed by atoms with Gasteiger partial charge in [-0.1, -0.05) is 30.3 Å². The molecule has 3 aromatic rings. The molecule has 1 saturated heterocycles. The minimum atomic E-state index is -0.118. The quantitative estimate of drug-likeness (QED) is 0.683. The molecule has 5 nitrogen and oxygen atoms in total. The molecule has 1 atom stereocenters. The SMILES string of the molecule is COc1ccc(-c2ccccc2NC(=O)[C@@H]2CCCN2Cc2ccncc2)cc1. The number of aromatic nitrogens is 1. The highest BCUT2D eigenvalue weighted by atomic mass is 16.5. The third-order valence-corrected chi connectivity index (χ3v) is 5.39. The molecule has 0 spiro atoms. The smallest absolute Gasteiger partial charge is 0.241 e. The van der Waals surface area contributed by atoms with Crippen molar-refractivity contribution in [3.05, 3.63) is 78.6 Å². The molecule has 1 aliphatic heterocycles. The Kier molecular flexibility index (Phi) is 5.86. The number of amides is 1. The van der Waals surface area contributed by atoms with E-state index in [1.54, 1.807) is 19.5 Å². The van der Waals surface area contributed by atoms with Crippen molar-refractivity contribution in [1.29, 1.82) is 0 Å². The standard InChI is InChI=1S/C24H25N3O2/c1-29-20-10-8-19(9-11-20)21-5-2-3-6-22(21)26-24(28)23-7-4-16-27(23)17-18-12-14-25-15-13-18/h2-3,5-6,8-15,23H,4,7,16-17H2,1H3,(H,26,28)/t23-/m0/s1. The Morgan fingerprint density at radius 2 is 1.86 bits per heavy atom. The van der Waals surface area contributed by atoms with E-state index >= 15 is 0 Å². The number of anilines is 1. The number of carbonyl (C=O) groups excluding carboxylic acids is 1. The predicted molar refractivity (Wildman–Crippen MR) is 115 cm³/mol. The topological polar surface area (TPSA) is 54.5 Å². The summed E-state index contributed by atoms with van der Waals surface area (Å²) in [6.45, 7) is 1.70. The van der Waals surface area contributed by atoms with E-state index in [1.807, 2.05) is 60.7 Å². The first kappa shape index (κ1) is 19.2. The molecule has 4 rings (SSSR count). The van der Waals surface area contributed by atoms with E-state index in [-0.39, 0.29) is 11.9 Å². The third kappa shape index (κ3) is 4.46. The first-order valence-electron chi connectivity index (χ1n) is 9.92. The van der Waals surface area contributed by atoms with Gasteiger partial charge in [-0.25, -0.2) is 0 Å². The van der Waals surface area contributed by atoms with Crippen LogP contribution in [0.5, 0.6) is 5.75 Å². The van der Waals surface area contributed by atoms with Crippen LogP contribution in [0, 0.1) is 0 Å². The van der Waals surface area contributed by atoms with Crippen molar-refractivity contribution < 1.29 is 9.53 Å². The number of nitrogens with zero attached hydrogens (tertiary/aromatic N) is 2. The fourth-order valence-corrected chi connectivity index (χ4v) is 3.87. The largest absolute Gasteiger partial charge is 0.497 e. The number of ether oxygens (including phenoxy) is 1. The monoisotopic (exact) mass is 387 g/mol. The van der Waals surface area contributed by atoms with Gasteiger partial charge < -0.3 is 10.1 Å². The summed E-state index contributed by atoms with van der Waals surface area (Å²) in [7, 11) is 1.66. The van der Waals surface area contributed by atoms with Gasteiger partial charge in [-0.15, -0.1) is 0 Å². The number of rotatable bonds is 6. The minimum Gasteiger partial charge on any atom is -0.497 e. The summed E-state index contributed by atoms with van der Waals surface area (Å²) in [5.74, 6) is 0.866. The van der Waals surface area contributed by atoms with Gasteiger partial charge in [-0.2, -0.15) is 0 Å². The Labute approximate surface area is 171 Å². The summed E-state index contributed by atoms with van der Waals surface area (Å²) in [6, 6.07) is 19.7. The average molecular weight is 387 g/mol. The first-order valence-corrected chi connectivity index (χ1v) is 9.92. The van der Waals surface area contributed by atoms with Gasteiger partial charge in [-0.3, -0.25) is 14.7 Å². The minimum absolute atomic E-state index is 0.0533. The molecule has 1 N–H and O–H groups in total. The number of benzene rings is 2. The Morgan fingerprint density at radius 1 is 1.10 bits per heavy atom. The molecule has 1 amide bonds. The zero-order valence-corrected chi connectivity index (χ0v) is 16.5. The van der Waals surface area contributed by atoms with Gasteiger partial charge in [0.25, 0.3) is 0 Å². The van der Waals surface area contributed by atoms with Gasteiger partial charge >= 0.3 is 0 Å². The van der Waals surface area contributed by atoms with Crippen LogP contribution in [0.2, 0.25) is 0 Å². The molecule has 0 aliphatic carbocycles. The number of hydrogen-bond donors (Lipinski definition) is 1. The maximum Gasteiger partial charge on any atom is 0.241 e. The fraction of sp³-hybridized carbons (Fsp3) is 0.250. The molecule has 1 fully saturated rings.